The van der Waals surface area contributed by atoms with Crippen molar-refractivity contribution in [1.29, 1.82) is 0 Å². The highest BCUT2D eigenvalue weighted by molar-refractivity contribution is 5.89. The Morgan fingerprint density at radius 2 is 1.95 bits per heavy atom. The van der Waals surface area contributed by atoms with Crippen molar-refractivity contribution in [1.82, 2.24) is 0 Å². The van der Waals surface area contributed by atoms with Crippen molar-refractivity contribution in [2.24, 2.45) is 0 Å². The van der Waals surface area contributed by atoms with Crippen LogP contribution >= 0.6 is 0 Å². The predicted molar refractivity (Wildman–Crippen MR) is 81.0 cm³/mol. The molecule has 2 rings (SSSR count). The third-order valence-corrected chi connectivity index (χ3v) is 3.39. The van der Waals surface area contributed by atoms with Crippen LogP contribution in [0, 0.1) is 12.7 Å². The van der Waals surface area contributed by atoms with Crippen LogP contribution in [-0.4, -0.2) is 20.1 Å². The summed E-state index contributed by atoms with van der Waals surface area (Å²) in [4.78, 5) is 13.4. The summed E-state index contributed by atoms with van der Waals surface area (Å²) < 4.78 is 18.4. The topological polar surface area (TPSA) is 29.5 Å². The fourth-order valence-corrected chi connectivity index (χ4v) is 2.28. The van der Waals surface area contributed by atoms with Gasteiger partial charge in [-0.2, -0.15) is 0 Å². The molecule has 0 spiro atoms. The summed E-state index contributed by atoms with van der Waals surface area (Å²) in [7, 11) is 3.19. The van der Waals surface area contributed by atoms with E-state index in [1.807, 2.05) is 43.1 Å². The lowest BCUT2D eigenvalue weighted by Gasteiger charge is -2.21. The Labute approximate surface area is 124 Å². The molecule has 0 saturated carbocycles. The van der Waals surface area contributed by atoms with E-state index in [1.54, 1.807) is 6.07 Å². The van der Waals surface area contributed by atoms with Gasteiger partial charge in [0.25, 0.3) is 0 Å². The predicted octanol–water partition coefficient (Wildman–Crippen LogP) is 3.56. The van der Waals surface area contributed by atoms with Gasteiger partial charge in [0.1, 0.15) is 5.82 Å². The molecule has 0 atom stereocenters. The van der Waals surface area contributed by atoms with E-state index in [0.29, 0.717) is 6.54 Å². The molecule has 21 heavy (non-hydrogen) atoms. The third kappa shape index (κ3) is 3.40. The largest absolute Gasteiger partial charge is 0.465 e. The van der Waals surface area contributed by atoms with E-state index in [0.717, 1.165) is 16.8 Å². The first-order valence-corrected chi connectivity index (χ1v) is 6.66. The van der Waals surface area contributed by atoms with Crippen LogP contribution in [0.3, 0.4) is 0 Å². The van der Waals surface area contributed by atoms with Crippen LogP contribution in [0.1, 0.15) is 21.5 Å². The van der Waals surface area contributed by atoms with Gasteiger partial charge in [0.2, 0.25) is 0 Å². The van der Waals surface area contributed by atoms with Gasteiger partial charge in [0.15, 0.2) is 0 Å². The second-order valence-corrected chi connectivity index (χ2v) is 4.95. The van der Waals surface area contributed by atoms with Crippen molar-refractivity contribution in [3.63, 3.8) is 0 Å². The third-order valence-electron chi connectivity index (χ3n) is 3.39. The second-order valence-electron chi connectivity index (χ2n) is 4.95. The van der Waals surface area contributed by atoms with Crippen molar-refractivity contribution in [2.75, 3.05) is 19.1 Å². The zero-order valence-electron chi connectivity index (χ0n) is 12.4. The van der Waals surface area contributed by atoms with Crippen LogP contribution in [-0.2, 0) is 11.3 Å². The van der Waals surface area contributed by atoms with Crippen LogP contribution < -0.4 is 4.90 Å². The van der Waals surface area contributed by atoms with Crippen molar-refractivity contribution in [2.45, 2.75) is 13.5 Å². The number of methoxy groups -OCH3 is 1. The number of rotatable bonds is 4. The van der Waals surface area contributed by atoms with E-state index >= 15 is 0 Å². The molecule has 4 heteroatoms. The molecule has 0 heterocycles. The van der Waals surface area contributed by atoms with Crippen molar-refractivity contribution < 1.29 is 13.9 Å². The molecule has 2 aromatic carbocycles. The average molecular weight is 287 g/mol. The first kappa shape index (κ1) is 15.0. The zero-order chi connectivity index (χ0) is 15.4. The Hall–Kier alpha value is -2.36. The maximum Gasteiger partial charge on any atom is 0.340 e. The lowest BCUT2D eigenvalue weighted by Crippen LogP contribution is -2.17. The molecule has 0 bridgehead atoms. The Bertz CT molecular complexity index is 655. The van der Waals surface area contributed by atoms with E-state index in [9.17, 15) is 9.18 Å². The summed E-state index contributed by atoms with van der Waals surface area (Å²) in [6, 6.07) is 12.6. The fourth-order valence-electron chi connectivity index (χ4n) is 2.28. The molecular formula is C17H18FNO2. The summed E-state index contributed by atoms with van der Waals surface area (Å²) in [6.07, 6.45) is 0. The molecular weight excluding hydrogens is 269 g/mol. The van der Waals surface area contributed by atoms with Crippen molar-refractivity contribution >= 4 is 11.7 Å². The smallest absolute Gasteiger partial charge is 0.340 e. The Morgan fingerprint density at radius 3 is 2.57 bits per heavy atom. The summed E-state index contributed by atoms with van der Waals surface area (Å²) in [5.74, 6) is -1.22. The molecule has 0 N–H and O–H groups in total. The maximum atomic E-state index is 13.9. The first-order valence-electron chi connectivity index (χ1n) is 6.66. The normalized spacial score (nSPS) is 10.3. The molecule has 0 aromatic heterocycles. The quantitative estimate of drug-likeness (QED) is 0.805. The molecule has 2 aromatic rings. The number of carbonyl (C=O) groups is 1. The van der Waals surface area contributed by atoms with Crippen LogP contribution in [0.4, 0.5) is 10.1 Å². The van der Waals surface area contributed by atoms with Gasteiger partial charge in [0, 0.05) is 19.3 Å². The highest BCUT2D eigenvalue weighted by atomic mass is 19.1. The minimum Gasteiger partial charge on any atom is -0.465 e. The zero-order valence-corrected chi connectivity index (χ0v) is 12.4. The molecule has 0 aliphatic heterocycles. The number of aryl methyl sites for hydroxylation is 1. The maximum absolute atomic E-state index is 13.9. The lowest BCUT2D eigenvalue weighted by atomic mass is 10.1. The number of hydrogen-bond donors (Lipinski definition) is 0. The Balaban J connectivity index is 2.19. The Kier molecular flexibility index (Phi) is 4.58. The van der Waals surface area contributed by atoms with Gasteiger partial charge in [-0.25, -0.2) is 9.18 Å². The van der Waals surface area contributed by atoms with Gasteiger partial charge in [-0.3, -0.25) is 0 Å². The summed E-state index contributed by atoms with van der Waals surface area (Å²) >= 11 is 0. The molecule has 0 unspecified atom stereocenters. The number of ether oxygens (including phenoxy) is 1. The molecule has 3 nitrogen and oxygen atoms in total. The van der Waals surface area contributed by atoms with Gasteiger partial charge >= 0.3 is 5.97 Å². The monoisotopic (exact) mass is 287 g/mol. The highest BCUT2D eigenvalue weighted by Crippen LogP contribution is 2.21. The van der Waals surface area contributed by atoms with E-state index in [-0.39, 0.29) is 5.56 Å². The molecule has 0 fully saturated rings. The van der Waals surface area contributed by atoms with Crippen LogP contribution in [0.25, 0.3) is 0 Å². The lowest BCUT2D eigenvalue weighted by molar-refractivity contribution is 0.0595. The minimum atomic E-state index is -0.661. The number of nitrogens with zero attached hydrogens (tertiary/aromatic N) is 1. The summed E-state index contributed by atoms with van der Waals surface area (Å²) in [6.45, 7) is 2.59. The summed E-state index contributed by atoms with van der Waals surface area (Å²) in [5, 5.41) is 0. The molecule has 0 aliphatic rings. The SMILES string of the molecule is COC(=O)c1ccc(CN(C)c2ccccc2C)cc1F. The summed E-state index contributed by atoms with van der Waals surface area (Å²) in [5.41, 5.74) is 3.01. The van der Waals surface area contributed by atoms with Crippen molar-refractivity contribution in [3.8, 4) is 0 Å². The standard InChI is InChI=1S/C17H18FNO2/c1-12-6-4-5-7-16(12)19(2)11-13-8-9-14(15(18)10-13)17(20)21-3/h4-10H,11H2,1-3H3. The van der Waals surface area contributed by atoms with E-state index in [2.05, 4.69) is 4.74 Å². The van der Waals surface area contributed by atoms with E-state index in [1.165, 1.54) is 19.2 Å². The van der Waals surface area contributed by atoms with Crippen LogP contribution in [0.15, 0.2) is 42.5 Å². The second kappa shape index (κ2) is 6.39. The molecule has 0 saturated heterocycles. The number of benzene rings is 2. The fraction of sp³-hybridized carbons (Fsp3) is 0.235. The van der Waals surface area contributed by atoms with Gasteiger partial charge in [-0.05, 0) is 36.2 Å². The number of esters is 1. The number of anilines is 1. The van der Waals surface area contributed by atoms with E-state index < -0.39 is 11.8 Å². The number of carbonyl (C=O) groups excluding carboxylic acids is 1. The molecule has 110 valence electrons. The van der Waals surface area contributed by atoms with Gasteiger partial charge in [0.05, 0.1) is 12.7 Å². The molecule has 0 radical (unpaired) electrons. The van der Waals surface area contributed by atoms with Crippen molar-refractivity contribution in [3.05, 3.63) is 65.0 Å². The highest BCUT2D eigenvalue weighted by Gasteiger charge is 2.13. The van der Waals surface area contributed by atoms with Gasteiger partial charge in [-0.15, -0.1) is 0 Å². The average Bonchev–Trinajstić information content (AvgIpc) is 2.47. The number of para-hydroxylation sites is 1. The van der Waals surface area contributed by atoms with E-state index in [4.69, 9.17) is 0 Å². The molecule has 0 aliphatic carbocycles. The minimum absolute atomic E-state index is 0.0419. The van der Waals surface area contributed by atoms with Crippen LogP contribution in [0.2, 0.25) is 0 Å². The molecule has 0 amide bonds. The van der Waals surface area contributed by atoms with Crippen LogP contribution in [0.5, 0.6) is 0 Å². The number of hydrogen-bond acceptors (Lipinski definition) is 3. The first-order chi connectivity index (χ1) is 10.0. The number of halogens is 1. The van der Waals surface area contributed by atoms with Gasteiger partial charge in [-0.1, -0.05) is 24.3 Å². The Morgan fingerprint density at radius 1 is 1.24 bits per heavy atom. The van der Waals surface area contributed by atoms with Gasteiger partial charge < -0.3 is 9.64 Å².